The maximum absolute atomic E-state index is 3.09. The minimum absolute atomic E-state index is 1.28. The smallest absolute Gasteiger partial charge is 0.0306 e. The van der Waals surface area contributed by atoms with Crippen LogP contribution >= 0.6 is 11.9 Å². The Morgan fingerprint density at radius 2 is 1.60 bits per heavy atom. The van der Waals surface area contributed by atoms with Gasteiger partial charge < -0.3 is 0 Å². The molecule has 1 nitrogen and oxygen atoms in total. The van der Waals surface area contributed by atoms with Crippen LogP contribution in [0.15, 0.2) is 47.4 Å². The van der Waals surface area contributed by atoms with Gasteiger partial charge in [-0.3, -0.25) is 4.72 Å². The van der Waals surface area contributed by atoms with E-state index in [9.17, 15) is 0 Å². The quantitative estimate of drug-likeness (QED) is 0.763. The van der Waals surface area contributed by atoms with Crippen LogP contribution in [0.3, 0.4) is 0 Å². The Labute approximate surface area is 96.0 Å². The van der Waals surface area contributed by atoms with E-state index in [2.05, 4.69) is 47.2 Å². The average molecular weight is 219 g/mol. The van der Waals surface area contributed by atoms with Gasteiger partial charge in [-0.2, -0.15) is 0 Å². The van der Waals surface area contributed by atoms with Crippen LogP contribution in [0.2, 0.25) is 0 Å². The van der Waals surface area contributed by atoms with Gasteiger partial charge in [0.2, 0.25) is 0 Å². The second-order valence-electron chi connectivity index (χ2n) is 2.78. The first-order valence-electron chi connectivity index (χ1n) is 5.23. The lowest BCUT2D eigenvalue weighted by molar-refractivity contribution is 1.29. The van der Waals surface area contributed by atoms with Crippen molar-refractivity contribution in [2.45, 2.75) is 18.7 Å². The zero-order valence-corrected chi connectivity index (χ0v) is 10.3. The van der Waals surface area contributed by atoms with Crippen molar-refractivity contribution in [3.63, 3.8) is 0 Å². The molecule has 80 valence electrons. The second kappa shape index (κ2) is 6.49. The van der Waals surface area contributed by atoms with E-state index in [-0.39, 0.29) is 0 Å². The van der Waals surface area contributed by atoms with Gasteiger partial charge in [0.1, 0.15) is 0 Å². The molecule has 0 bridgehead atoms. The van der Waals surface area contributed by atoms with Gasteiger partial charge in [0, 0.05) is 4.90 Å². The summed E-state index contributed by atoms with van der Waals surface area (Å²) in [5.41, 5.74) is 0. The van der Waals surface area contributed by atoms with Gasteiger partial charge in [0.25, 0.3) is 0 Å². The summed E-state index contributed by atoms with van der Waals surface area (Å²) in [7, 11) is 1.94. The van der Waals surface area contributed by atoms with Gasteiger partial charge in [0.05, 0.1) is 0 Å². The summed E-state index contributed by atoms with van der Waals surface area (Å²) in [6, 6.07) is 14.8. The summed E-state index contributed by atoms with van der Waals surface area (Å²) in [6.45, 7) is 4.00. The molecule has 1 N–H and O–H groups in total. The van der Waals surface area contributed by atoms with Crippen LogP contribution in [0, 0.1) is 0 Å². The number of fused-ring (bicyclic) bond motifs is 1. The summed E-state index contributed by atoms with van der Waals surface area (Å²) in [6.07, 6.45) is 0. The lowest BCUT2D eigenvalue weighted by Gasteiger charge is -2.03. The molecule has 0 atom stereocenters. The predicted molar refractivity (Wildman–Crippen MR) is 70.2 cm³/mol. The predicted octanol–water partition coefficient (Wildman–Crippen LogP) is 4.09. The molecule has 2 aromatic carbocycles. The summed E-state index contributed by atoms with van der Waals surface area (Å²) in [5.74, 6) is 0. The van der Waals surface area contributed by atoms with Gasteiger partial charge in [0.15, 0.2) is 0 Å². The van der Waals surface area contributed by atoms with Crippen molar-refractivity contribution in [1.29, 1.82) is 0 Å². The highest BCUT2D eigenvalue weighted by molar-refractivity contribution is 7.97. The molecule has 0 aliphatic heterocycles. The number of nitrogens with one attached hydrogen (secondary N) is 1. The lowest BCUT2D eigenvalue weighted by Crippen LogP contribution is -1.90. The molecule has 0 radical (unpaired) electrons. The third-order valence-electron chi connectivity index (χ3n) is 1.96. The SMILES string of the molecule is CC.CNSc1cccc2ccccc12. The van der Waals surface area contributed by atoms with E-state index in [1.807, 2.05) is 20.9 Å². The zero-order valence-electron chi connectivity index (χ0n) is 9.45. The number of hydrogen-bond acceptors (Lipinski definition) is 2. The third kappa shape index (κ3) is 2.98. The fourth-order valence-corrected chi connectivity index (χ4v) is 2.06. The number of rotatable bonds is 2. The molecule has 2 heteroatoms. The molecule has 2 rings (SSSR count). The molecule has 0 spiro atoms. The molecule has 0 heterocycles. The van der Waals surface area contributed by atoms with Crippen LogP contribution in [-0.4, -0.2) is 7.05 Å². The average Bonchev–Trinajstić information content (AvgIpc) is 2.33. The van der Waals surface area contributed by atoms with Gasteiger partial charge in [-0.05, 0) is 35.8 Å². The van der Waals surface area contributed by atoms with E-state index in [1.165, 1.54) is 15.7 Å². The second-order valence-corrected chi connectivity index (χ2v) is 3.84. The van der Waals surface area contributed by atoms with Crippen molar-refractivity contribution in [2.24, 2.45) is 0 Å². The van der Waals surface area contributed by atoms with Crippen LogP contribution < -0.4 is 4.72 Å². The Morgan fingerprint density at radius 3 is 2.33 bits per heavy atom. The molecule has 0 aliphatic carbocycles. The summed E-state index contributed by atoms with van der Waals surface area (Å²) in [5, 5.41) is 2.60. The van der Waals surface area contributed by atoms with Gasteiger partial charge in [-0.15, -0.1) is 0 Å². The molecule has 0 unspecified atom stereocenters. The molecule has 0 aromatic heterocycles. The first-order valence-corrected chi connectivity index (χ1v) is 6.05. The van der Waals surface area contributed by atoms with E-state index in [0.717, 1.165) is 0 Å². The highest BCUT2D eigenvalue weighted by Crippen LogP contribution is 2.25. The van der Waals surface area contributed by atoms with Crippen LogP contribution in [0.5, 0.6) is 0 Å². The minimum Gasteiger partial charge on any atom is -0.263 e. The molecular weight excluding hydrogens is 202 g/mol. The fraction of sp³-hybridized carbons (Fsp3) is 0.231. The highest BCUT2D eigenvalue weighted by Gasteiger charge is 1.98. The minimum atomic E-state index is 1.28. The number of hydrogen-bond donors (Lipinski definition) is 1. The Kier molecular flexibility index (Phi) is 5.22. The Balaban J connectivity index is 0.000000531. The van der Waals surface area contributed by atoms with Crippen LogP contribution in [-0.2, 0) is 0 Å². The van der Waals surface area contributed by atoms with E-state index in [1.54, 1.807) is 11.9 Å². The summed E-state index contributed by atoms with van der Waals surface area (Å²) in [4.78, 5) is 1.28. The molecule has 15 heavy (non-hydrogen) atoms. The van der Waals surface area contributed by atoms with Crippen molar-refractivity contribution in [2.75, 3.05) is 7.05 Å². The first kappa shape index (κ1) is 12.1. The molecule has 0 aliphatic rings. The molecule has 0 saturated carbocycles. The van der Waals surface area contributed by atoms with Crippen molar-refractivity contribution in [3.05, 3.63) is 42.5 Å². The van der Waals surface area contributed by atoms with Gasteiger partial charge in [-0.25, -0.2) is 0 Å². The third-order valence-corrected chi connectivity index (χ3v) is 2.74. The highest BCUT2D eigenvalue weighted by atomic mass is 32.2. The van der Waals surface area contributed by atoms with E-state index in [4.69, 9.17) is 0 Å². The standard InChI is InChI=1S/C11H11NS.C2H6/c1-12-13-11-8-4-6-9-5-2-3-7-10(9)11;1-2/h2-8,12H,1H3;1-2H3. The van der Waals surface area contributed by atoms with Crippen molar-refractivity contribution >= 4 is 22.7 Å². The lowest BCUT2D eigenvalue weighted by atomic mass is 10.1. The normalized spacial score (nSPS) is 9.53. The van der Waals surface area contributed by atoms with Crippen molar-refractivity contribution < 1.29 is 0 Å². The maximum Gasteiger partial charge on any atom is 0.0306 e. The van der Waals surface area contributed by atoms with Crippen molar-refractivity contribution in [1.82, 2.24) is 4.72 Å². The number of benzene rings is 2. The zero-order chi connectivity index (χ0) is 11.1. The van der Waals surface area contributed by atoms with E-state index >= 15 is 0 Å². The molecule has 2 aromatic rings. The van der Waals surface area contributed by atoms with Crippen LogP contribution in [0.1, 0.15) is 13.8 Å². The largest absolute Gasteiger partial charge is 0.263 e. The van der Waals surface area contributed by atoms with Crippen LogP contribution in [0.25, 0.3) is 10.8 Å². The molecule has 0 fully saturated rings. The summed E-state index contributed by atoms with van der Waals surface area (Å²) >= 11 is 1.65. The molecule has 0 saturated heterocycles. The topological polar surface area (TPSA) is 12.0 Å². The fourth-order valence-electron chi connectivity index (χ4n) is 1.39. The van der Waals surface area contributed by atoms with Gasteiger partial charge in [-0.1, -0.05) is 50.2 Å². The summed E-state index contributed by atoms with van der Waals surface area (Å²) < 4.78 is 3.09. The van der Waals surface area contributed by atoms with Crippen LogP contribution in [0.4, 0.5) is 0 Å². The monoisotopic (exact) mass is 219 g/mol. The Morgan fingerprint density at radius 1 is 0.933 bits per heavy atom. The molecular formula is C13H17NS. The van der Waals surface area contributed by atoms with Gasteiger partial charge >= 0.3 is 0 Å². The Bertz CT molecular complexity index is 407. The Hall–Kier alpha value is -0.990. The van der Waals surface area contributed by atoms with E-state index < -0.39 is 0 Å². The van der Waals surface area contributed by atoms with E-state index in [0.29, 0.717) is 0 Å². The molecule has 0 amide bonds. The maximum atomic E-state index is 3.09. The first-order chi connectivity index (χ1) is 7.42. The van der Waals surface area contributed by atoms with Crippen molar-refractivity contribution in [3.8, 4) is 0 Å².